The average Bonchev–Trinajstić information content (AvgIpc) is 2.33. The van der Waals surface area contributed by atoms with E-state index in [9.17, 15) is 14.6 Å². The molecule has 0 bridgehead atoms. The summed E-state index contributed by atoms with van der Waals surface area (Å²) >= 11 is 0. The number of halogens is 1. The third-order valence-corrected chi connectivity index (χ3v) is 4.01. The first-order valence-electron chi connectivity index (χ1n) is 6.26. The van der Waals surface area contributed by atoms with Crippen molar-refractivity contribution in [2.45, 2.75) is 38.5 Å². The summed E-state index contributed by atoms with van der Waals surface area (Å²) in [6.07, 6.45) is -0.321. The van der Waals surface area contributed by atoms with Gasteiger partial charge in [-0.15, -0.1) is 0 Å². The molecule has 1 aliphatic carbocycles. The highest BCUT2D eigenvalue weighted by atomic mass is 19.1. The summed E-state index contributed by atoms with van der Waals surface area (Å²) in [5, 5.41) is 22.8. The van der Waals surface area contributed by atoms with Crippen LogP contribution in [0, 0.1) is 11.2 Å². The molecular weight excluding hydrogens is 233 g/mol. The van der Waals surface area contributed by atoms with Crippen LogP contribution in [0.15, 0.2) is 24.3 Å². The predicted molar refractivity (Wildman–Crippen MR) is 67.6 cm³/mol. The Bertz CT molecular complexity index is 422. The summed E-state index contributed by atoms with van der Waals surface area (Å²) in [7, 11) is 0. The van der Waals surface area contributed by atoms with Crippen molar-refractivity contribution in [1.82, 2.24) is 5.32 Å². The van der Waals surface area contributed by atoms with E-state index in [2.05, 4.69) is 5.32 Å². The number of benzene rings is 1. The zero-order valence-electron chi connectivity index (χ0n) is 10.7. The summed E-state index contributed by atoms with van der Waals surface area (Å²) in [4.78, 5) is 0. The van der Waals surface area contributed by atoms with Gasteiger partial charge in [0.2, 0.25) is 0 Å². The Morgan fingerprint density at radius 1 is 1.50 bits per heavy atom. The molecule has 1 aromatic rings. The van der Waals surface area contributed by atoms with Gasteiger partial charge >= 0.3 is 0 Å². The molecule has 0 aliphatic heterocycles. The molecule has 3 unspecified atom stereocenters. The lowest BCUT2D eigenvalue weighted by atomic mass is 9.64. The quantitative estimate of drug-likeness (QED) is 0.764. The molecule has 0 saturated heterocycles. The van der Waals surface area contributed by atoms with Gasteiger partial charge in [-0.05, 0) is 24.1 Å². The Morgan fingerprint density at radius 3 is 2.78 bits per heavy atom. The Morgan fingerprint density at radius 2 is 2.22 bits per heavy atom. The maximum Gasteiger partial charge on any atom is 0.123 e. The molecule has 2 rings (SSSR count). The van der Waals surface area contributed by atoms with E-state index < -0.39 is 6.10 Å². The smallest absolute Gasteiger partial charge is 0.123 e. The minimum atomic E-state index is -0.728. The Kier molecular flexibility index (Phi) is 3.71. The van der Waals surface area contributed by atoms with Crippen LogP contribution in [0.2, 0.25) is 0 Å². The molecule has 0 heterocycles. The van der Waals surface area contributed by atoms with Crippen molar-refractivity contribution in [3.63, 3.8) is 0 Å². The Hall–Kier alpha value is -0.970. The number of nitrogens with one attached hydrogen (secondary N) is 1. The van der Waals surface area contributed by atoms with Crippen molar-refractivity contribution in [1.29, 1.82) is 0 Å². The first-order valence-corrected chi connectivity index (χ1v) is 6.26. The van der Waals surface area contributed by atoms with Crippen LogP contribution in [0.1, 0.15) is 31.9 Å². The zero-order valence-corrected chi connectivity index (χ0v) is 10.7. The lowest BCUT2D eigenvalue weighted by Crippen LogP contribution is -2.60. The first kappa shape index (κ1) is 13.5. The van der Waals surface area contributed by atoms with Crippen LogP contribution >= 0.6 is 0 Å². The lowest BCUT2D eigenvalue weighted by Gasteiger charge is -2.50. The summed E-state index contributed by atoms with van der Waals surface area (Å²) in [5.74, 6) is -0.342. The predicted octanol–water partition coefficient (Wildman–Crippen LogP) is 1.61. The summed E-state index contributed by atoms with van der Waals surface area (Å²) < 4.78 is 13.0. The Labute approximate surface area is 107 Å². The van der Waals surface area contributed by atoms with Crippen molar-refractivity contribution in [2.75, 3.05) is 6.54 Å². The molecule has 1 aromatic carbocycles. The van der Waals surface area contributed by atoms with Crippen LogP contribution in [0.4, 0.5) is 4.39 Å². The number of rotatable bonds is 4. The normalized spacial score (nSPS) is 27.6. The van der Waals surface area contributed by atoms with Gasteiger partial charge in [-0.3, -0.25) is 0 Å². The van der Waals surface area contributed by atoms with Crippen molar-refractivity contribution in [3.8, 4) is 0 Å². The summed E-state index contributed by atoms with van der Waals surface area (Å²) in [6, 6.07) is 6.18. The van der Waals surface area contributed by atoms with Crippen LogP contribution in [0.5, 0.6) is 0 Å². The second kappa shape index (κ2) is 4.96. The van der Waals surface area contributed by atoms with Gasteiger partial charge in [-0.25, -0.2) is 4.39 Å². The van der Waals surface area contributed by atoms with Crippen molar-refractivity contribution in [3.05, 3.63) is 35.6 Å². The highest BCUT2D eigenvalue weighted by Crippen LogP contribution is 2.40. The highest BCUT2D eigenvalue weighted by molar-refractivity contribution is 5.19. The summed E-state index contributed by atoms with van der Waals surface area (Å²) in [6.45, 7) is 4.35. The standard InChI is InChI=1S/C14H20FNO2/c1-14(2)12(7-13(14)18)16-8-11(17)9-4-3-5-10(15)6-9/h3-6,11-13,16-18H,7-8H2,1-2H3. The Balaban J connectivity index is 1.88. The van der Waals surface area contributed by atoms with Gasteiger partial charge < -0.3 is 15.5 Å². The lowest BCUT2D eigenvalue weighted by molar-refractivity contribution is -0.0749. The minimum absolute atomic E-state index is 0.165. The van der Waals surface area contributed by atoms with E-state index in [1.54, 1.807) is 12.1 Å². The third kappa shape index (κ3) is 2.55. The second-order valence-electron chi connectivity index (χ2n) is 5.60. The maximum atomic E-state index is 13.0. The molecule has 1 saturated carbocycles. The number of hydrogen-bond acceptors (Lipinski definition) is 3. The number of aliphatic hydroxyl groups excluding tert-OH is 2. The monoisotopic (exact) mass is 253 g/mol. The van der Waals surface area contributed by atoms with Crippen molar-refractivity contribution in [2.24, 2.45) is 5.41 Å². The minimum Gasteiger partial charge on any atom is -0.392 e. The van der Waals surface area contributed by atoms with Gasteiger partial charge in [0, 0.05) is 18.0 Å². The van der Waals surface area contributed by atoms with Gasteiger partial charge in [-0.1, -0.05) is 26.0 Å². The SMILES string of the molecule is CC1(C)C(O)CC1NCC(O)c1cccc(F)c1. The largest absolute Gasteiger partial charge is 0.392 e. The van der Waals surface area contributed by atoms with E-state index in [-0.39, 0.29) is 23.4 Å². The molecule has 1 aliphatic rings. The maximum absolute atomic E-state index is 13.0. The van der Waals surface area contributed by atoms with Crippen molar-refractivity contribution < 1.29 is 14.6 Å². The number of hydrogen-bond donors (Lipinski definition) is 3. The first-order chi connectivity index (χ1) is 8.41. The molecule has 0 spiro atoms. The van der Waals surface area contributed by atoms with Crippen LogP contribution in [-0.2, 0) is 0 Å². The van der Waals surface area contributed by atoms with Crippen LogP contribution < -0.4 is 5.32 Å². The molecule has 3 atom stereocenters. The molecule has 1 fully saturated rings. The molecule has 100 valence electrons. The topological polar surface area (TPSA) is 52.5 Å². The van der Waals surface area contributed by atoms with Gasteiger partial charge in [0.15, 0.2) is 0 Å². The molecule has 0 radical (unpaired) electrons. The highest BCUT2D eigenvalue weighted by Gasteiger charge is 2.46. The molecule has 3 nitrogen and oxygen atoms in total. The molecule has 4 heteroatoms. The number of aliphatic hydroxyl groups is 2. The van der Waals surface area contributed by atoms with Gasteiger partial charge in [-0.2, -0.15) is 0 Å². The second-order valence-corrected chi connectivity index (χ2v) is 5.60. The summed E-state index contributed by atoms with van der Waals surface area (Å²) in [5.41, 5.74) is 0.405. The van der Waals surface area contributed by atoms with Crippen LogP contribution in [-0.4, -0.2) is 28.9 Å². The average molecular weight is 253 g/mol. The van der Waals surface area contributed by atoms with E-state index in [1.165, 1.54) is 12.1 Å². The van der Waals surface area contributed by atoms with Crippen LogP contribution in [0.25, 0.3) is 0 Å². The third-order valence-electron chi connectivity index (χ3n) is 4.01. The molecule has 0 aromatic heterocycles. The van der Waals surface area contributed by atoms with Gasteiger partial charge in [0.05, 0.1) is 12.2 Å². The van der Waals surface area contributed by atoms with E-state index >= 15 is 0 Å². The van der Waals surface area contributed by atoms with Gasteiger partial charge in [0.25, 0.3) is 0 Å². The molecule has 3 N–H and O–H groups in total. The fourth-order valence-corrected chi connectivity index (χ4v) is 2.33. The van der Waals surface area contributed by atoms with Gasteiger partial charge in [0.1, 0.15) is 5.82 Å². The van der Waals surface area contributed by atoms with E-state index in [0.29, 0.717) is 18.5 Å². The van der Waals surface area contributed by atoms with E-state index in [0.717, 1.165) is 0 Å². The zero-order chi connectivity index (χ0) is 13.3. The van der Waals surface area contributed by atoms with E-state index in [4.69, 9.17) is 0 Å². The van der Waals surface area contributed by atoms with E-state index in [1.807, 2.05) is 13.8 Å². The molecule has 18 heavy (non-hydrogen) atoms. The van der Waals surface area contributed by atoms with Crippen LogP contribution in [0.3, 0.4) is 0 Å². The van der Waals surface area contributed by atoms with Crippen molar-refractivity contribution >= 4 is 0 Å². The molecule has 0 amide bonds. The fourth-order valence-electron chi connectivity index (χ4n) is 2.33. The molecular formula is C14H20FNO2. The fraction of sp³-hybridized carbons (Fsp3) is 0.571.